The molecule has 1 aromatic carbocycles. The van der Waals surface area contributed by atoms with Gasteiger partial charge >= 0.3 is 0 Å². The van der Waals surface area contributed by atoms with E-state index in [4.69, 9.17) is 9.98 Å². The van der Waals surface area contributed by atoms with Crippen molar-refractivity contribution in [2.75, 3.05) is 0 Å². The molecule has 0 unspecified atom stereocenters. The van der Waals surface area contributed by atoms with Gasteiger partial charge in [0.25, 0.3) is 5.69 Å². The summed E-state index contributed by atoms with van der Waals surface area (Å²) in [6.45, 7) is 4.20. The van der Waals surface area contributed by atoms with Crippen molar-refractivity contribution in [3.05, 3.63) is 84.3 Å². The van der Waals surface area contributed by atoms with Gasteiger partial charge in [-0.25, -0.2) is 9.98 Å². The summed E-state index contributed by atoms with van der Waals surface area (Å²) in [4.78, 5) is 9.93. The summed E-state index contributed by atoms with van der Waals surface area (Å²) >= 11 is 0. The molecule has 0 radical (unpaired) electrons. The van der Waals surface area contributed by atoms with Crippen molar-refractivity contribution in [2.24, 2.45) is 17.0 Å². The van der Waals surface area contributed by atoms with Gasteiger partial charge in [0, 0.05) is 17.8 Å². The average Bonchev–Trinajstić information content (AvgIpc) is 3.18. The number of rotatable bonds is 2. The minimum absolute atomic E-state index is 0.929. The Morgan fingerprint density at radius 1 is 0.929 bits per heavy atom. The predicted molar refractivity (Wildman–Crippen MR) is 114 cm³/mol. The highest BCUT2D eigenvalue weighted by atomic mass is 15.1. The maximum atomic E-state index is 5.19. The van der Waals surface area contributed by atoms with Gasteiger partial charge in [0.05, 0.1) is 11.2 Å². The van der Waals surface area contributed by atoms with Gasteiger partial charge in [0.15, 0.2) is 11.9 Å². The number of pyridine rings is 2. The second-order valence-corrected chi connectivity index (χ2v) is 7.16. The molecule has 1 aliphatic rings. The number of aryl methyl sites for hydroxylation is 2. The van der Waals surface area contributed by atoms with E-state index in [-0.39, 0.29) is 0 Å². The third kappa shape index (κ3) is 2.42. The smallest absolute Gasteiger partial charge is 0.258 e. The summed E-state index contributed by atoms with van der Waals surface area (Å²) < 4.78 is 4.28. The first-order valence-electron chi connectivity index (χ1n) is 9.43. The molecule has 0 N–H and O–H groups in total. The van der Waals surface area contributed by atoms with Gasteiger partial charge in [0.2, 0.25) is 0 Å². The number of aromatic nitrogens is 2. The van der Waals surface area contributed by atoms with Crippen LogP contribution in [-0.2, 0) is 7.05 Å². The summed E-state index contributed by atoms with van der Waals surface area (Å²) in [6.07, 6.45) is 4.13. The first-order chi connectivity index (χ1) is 13.6. The molecule has 0 saturated carbocycles. The summed E-state index contributed by atoms with van der Waals surface area (Å²) in [7, 11) is 2.04. The van der Waals surface area contributed by atoms with Crippen LogP contribution < -0.4 is 4.57 Å². The van der Waals surface area contributed by atoms with Crippen molar-refractivity contribution in [2.45, 2.75) is 13.8 Å². The van der Waals surface area contributed by atoms with E-state index in [1.54, 1.807) is 0 Å². The Bertz CT molecular complexity index is 1280. The fourth-order valence-corrected chi connectivity index (χ4v) is 4.03. The number of hydrogen-bond acceptors (Lipinski definition) is 2. The van der Waals surface area contributed by atoms with E-state index in [2.05, 4.69) is 64.6 Å². The molecular weight excluding hydrogens is 344 g/mol. The highest BCUT2D eigenvalue weighted by molar-refractivity contribution is 6.50. The fraction of sp³-hybridized carbons (Fsp3) is 0.125. The first-order valence-corrected chi connectivity index (χ1v) is 9.43. The molecule has 5 rings (SSSR count). The molecular formula is C24H21N4+. The van der Waals surface area contributed by atoms with Crippen LogP contribution in [-0.4, -0.2) is 15.8 Å². The van der Waals surface area contributed by atoms with E-state index < -0.39 is 0 Å². The van der Waals surface area contributed by atoms with Crippen LogP contribution in [0.4, 0.5) is 11.5 Å². The second-order valence-electron chi connectivity index (χ2n) is 7.16. The van der Waals surface area contributed by atoms with Crippen molar-refractivity contribution in [3.8, 4) is 11.1 Å². The maximum Gasteiger partial charge on any atom is 0.258 e. The summed E-state index contributed by atoms with van der Waals surface area (Å²) in [5.74, 6) is 0.945. The lowest BCUT2D eigenvalue weighted by Gasteiger charge is -2.05. The zero-order valence-corrected chi connectivity index (χ0v) is 16.2. The van der Waals surface area contributed by atoms with E-state index in [1.165, 1.54) is 22.2 Å². The Balaban J connectivity index is 1.84. The Morgan fingerprint density at radius 2 is 1.71 bits per heavy atom. The Morgan fingerprint density at radius 3 is 2.54 bits per heavy atom. The number of hydrogen-bond donors (Lipinski definition) is 0. The van der Waals surface area contributed by atoms with E-state index in [0.717, 1.165) is 28.6 Å². The summed E-state index contributed by atoms with van der Waals surface area (Å²) in [5.41, 5.74) is 8.65. The minimum Gasteiger partial charge on any atom is -0.301 e. The topological polar surface area (TPSA) is 33.0 Å². The summed E-state index contributed by atoms with van der Waals surface area (Å²) in [5, 5.41) is 0. The van der Waals surface area contributed by atoms with Gasteiger partial charge < -0.3 is 4.40 Å². The molecule has 0 aliphatic carbocycles. The minimum atomic E-state index is 0.929. The van der Waals surface area contributed by atoms with Gasteiger partial charge in [0.1, 0.15) is 18.6 Å². The maximum absolute atomic E-state index is 5.19. The van der Waals surface area contributed by atoms with Crippen LogP contribution in [0.2, 0.25) is 0 Å². The van der Waals surface area contributed by atoms with Crippen LogP contribution in [0.25, 0.3) is 16.6 Å². The largest absolute Gasteiger partial charge is 0.301 e. The molecule has 0 fully saturated rings. The standard InChI is InChI=1S/C24H21N4/c1-16-20-13-7-8-15-28(20)24(21(16)18-10-5-4-6-11-18)26-22-17(2)25-19-12-9-14-27(3)23(19)22/h4-15H,1-3H3/q+1. The number of aliphatic imine (C=N–C) groups is 2. The van der Waals surface area contributed by atoms with Crippen LogP contribution in [0.15, 0.2) is 83.0 Å². The highest BCUT2D eigenvalue weighted by Crippen LogP contribution is 2.39. The van der Waals surface area contributed by atoms with E-state index in [0.29, 0.717) is 0 Å². The normalized spacial score (nSPS) is 14.5. The molecule has 0 spiro atoms. The molecule has 0 saturated heterocycles. The van der Waals surface area contributed by atoms with E-state index in [9.17, 15) is 0 Å². The lowest BCUT2D eigenvalue weighted by Crippen LogP contribution is -2.35. The van der Waals surface area contributed by atoms with Crippen molar-refractivity contribution >= 4 is 28.4 Å². The van der Waals surface area contributed by atoms with Gasteiger partial charge in [-0.3, -0.25) is 0 Å². The molecule has 136 valence electrons. The SMILES string of the molecule is CC1=Nc2ccc[n+](C)c2/C1=N\c1c(-c2ccccc2)c(C)c2ccccn12. The van der Waals surface area contributed by atoms with Gasteiger partial charge in [-0.15, -0.1) is 0 Å². The van der Waals surface area contributed by atoms with E-state index in [1.807, 2.05) is 38.4 Å². The molecule has 4 nitrogen and oxygen atoms in total. The van der Waals surface area contributed by atoms with Gasteiger partial charge in [-0.2, -0.15) is 4.57 Å². The summed E-state index contributed by atoms with van der Waals surface area (Å²) in [6, 6.07) is 20.8. The van der Waals surface area contributed by atoms with Crippen LogP contribution in [0.5, 0.6) is 0 Å². The van der Waals surface area contributed by atoms with Crippen molar-refractivity contribution < 1.29 is 4.57 Å². The third-order valence-corrected chi connectivity index (χ3v) is 5.37. The van der Waals surface area contributed by atoms with Crippen molar-refractivity contribution in [1.82, 2.24) is 4.40 Å². The van der Waals surface area contributed by atoms with Crippen molar-refractivity contribution in [3.63, 3.8) is 0 Å². The molecule has 0 atom stereocenters. The lowest BCUT2D eigenvalue weighted by molar-refractivity contribution is -0.671. The molecule has 3 aromatic heterocycles. The zero-order chi connectivity index (χ0) is 19.3. The van der Waals surface area contributed by atoms with Crippen molar-refractivity contribution in [1.29, 1.82) is 0 Å². The number of fused-ring (bicyclic) bond motifs is 2. The zero-order valence-electron chi connectivity index (χ0n) is 16.2. The quantitative estimate of drug-likeness (QED) is 0.450. The Labute approximate surface area is 164 Å². The monoisotopic (exact) mass is 365 g/mol. The molecule has 4 aromatic rings. The number of benzene rings is 1. The molecule has 1 aliphatic heterocycles. The first kappa shape index (κ1) is 16.6. The van der Waals surface area contributed by atoms with Crippen LogP contribution in [0, 0.1) is 6.92 Å². The second kappa shape index (κ2) is 6.27. The Hall–Kier alpha value is -3.53. The van der Waals surface area contributed by atoms with Crippen LogP contribution >= 0.6 is 0 Å². The predicted octanol–water partition coefficient (Wildman–Crippen LogP) is 4.97. The van der Waals surface area contributed by atoms with Gasteiger partial charge in [-0.1, -0.05) is 36.4 Å². The Kier molecular flexibility index (Phi) is 3.72. The highest BCUT2D eigenvalue weighted by Gasteiger charge is 2.29. The molecule has 0 bridgehead atoms. The molecule has 0 amide bonds. The molecule has 4 heteroatoms. The fourth-order valence-electron chi connectivity index (χ4n) is 4.03. The third-order valence-electron chi connectivity index (χ3n) is 5.37. The van der Waals surface area contributed by atoms with Gasteiger partial charge in [-0.05, 0) is 43.2 Å². The van der Waals surface area contributed by atoms with Crippen LogP contribution in [0.3, 0.4) is 0 Å². The average molecular weight is 365 g/mol. The molecule has 28 heavy (non-hydrogen) atoms. The number of nitrogens with zero attached hydrogens (tertiary/aromatic N) is 4. The lowest BCUT2D eigenvalue weighted by atomic mass is 10.0. The van der Waals surface area contributed by atoms with Crippen LogP contribution in [0.1, 0.15) is 18.2 Å². The van der Waals surface area contributed by atoms with E-state index >= 15 is 0 Å². The molecule has 4 heterocycles.